The van der Waals surface area contributed by atoms with Crippen molar-refractivity contribution in [1.29, 1.82) is 0 Å². The Kier molecular flexibility index (Phi) is 3.47. The first-order chi connectivity index (χ1) is 6.83. The Morgan fingerprint density at radius 1 is 1.36 bits per heavy atom. The zero-order valence-electron chi connectivity index (χ0n) is 7.59. The first kappa shape index (κ1) is 10.5. The largest absolute Gasteiger partial charge is 0.143 e. The van der Waals surface area contributed by atoms with Crippen LogP contribution < -0.4 is 0 Å². The summed E-state index contributed by atoms with van der Waals surface area (Å²) in [6.45, 7) is 0. The molecule has 1 heterocycles. The quantitative estimate of drug-likeness (QED) is 0.710. The Morgan fingerprint density at radius 3 is 3.00 bits per heavy atom. The van der Waals surface area contributed by atoms with E-state index in [4.69, 9.17) is 11.6 Å². The van der Waals surface area contributed by atoms with E-state index in [1.54, 1.807) is 11.3 Å². The van der Waals surface area contributed by atoms with Crippen LogP contribution in [-0.2, 0) is 6.42 Å². The summed E-state index contributed by atoms with van der Waals surface area (Å²) in [5.41, 5.74) is 1.41. The Hall–Kier alpha value is -0.0500. The van der Waals surface area contributed by atoms with Crippen molar-refractivity contribution in [2.75, 3.05) is 5.88 Å². The van der Waals surface area contributed by atoms with Gasteiger partial charge in [0.15, 0.2) is 0 Å². The first-order valence-electron chi connectivity index (χ1n) is 4.53. The van der Waals surface area contributed by atoms with Gasteiger partial charge in [0.1, 0.15) is 0 Å². The molecule has 3 heteroatoms. The SMILES string of the molecule is ClCCCc1csc2cccc(Br)c12. The molecule has 1 aromatic heterocycles. The van der Waals surface area contributed by atoms with Gasteiger partial charge in [0.25, 0.3) is 0 Å². The van der Waals surface area contributed by atoms with Gasteiger partial charge in [-0.2, -0.15) is 0 Å². The molecule has 0 saturated carbocycles. The van der Waals surface area contributed by atoms with Crippen LogP contribution in [0.5, 0.6) is 0 Å². The van der Waals surface area contributed by atoms with E-state index >= 15 is 0 Å². The highest BCUT2D eigenvalue weighted by Crippen LogP contribution is 2.32. The molecule has 1 aromatic carbocycles. The molecule has 0 spiro atoms. The molecule has 14 heavy (non-hydrogen) atoms. The first-order valence-corrected chi connectivity index (χ1v) is 6.74. The zero-order valence-corrected chi connectivity index (χ0v) is 10.8. The minimum atomic E-state index is 0.738. The maximum Gasteiger partial charge on any atom is 0.0356 e. The van der Waals surface area contributed by atoms with E-state index in [2.05, 4.69) is 39.5 Å². The van der Waals surface area contributed by atoms with Crippen LogP contribution in [0.4, 0.5) is 0 Å². The molecule has 0 aliphatic carbocycles. The number of alkyl halides is 1. The molecule has 2 rings (SSSR count). The van der Waals surface area contributed by atoms with Crippen LogP contribution in [0.25, 0.3) is 10.1 Å². The fraction of sp³-hybridized carbons (Fsp3) is 0.273. The Balaban J connectivity index is 2.45. The third kappa shape index (κ3) is 1.97. The van der Waals surface area contributed by atoms with Crippen LogP contribution in [0.15, 0.2) is 28.1 Å². The van der Waals surface area contributed by atoms with Crippen LogP contribution in [0.1, 0.15) is 12.0 Å². The summed E-state index contributed by atoms with van der Waals surface area (Å²) in [6, 6.07) is 6.34. The lowest BCUT2D eigenvalue weighted by Crippen LogP contribution is -1.84. The topological polar surface area (TPSA) is 0 Å². The van der Waals surface area contributed by atoms with E-state index in [-0.39, 0.29) is 0 Å². The number of thiophene rings is 1. The van der Waals surface area contributed by atoms with Gasteiger partial charge >= 0.3 is 0 Å². The molecule has 0 atom stereocenters. The summed E-state index contributed by atoms with van der Waals surface area (Å²) in [5, 5.41) is 3.60. The highest BCUT2D eigenvalue weighted by atomic mass is 79.9. The van der Waals surface area contributed by atoms with Crippen molar-refractivity contribution < 1.29 is 0 Å². The fourth-order valence-electron chi connectivity index (χ4n) is 1.55. The average molecular weight is 290 g/mol. The molecule has 0 radical (unpaired) electrons. The third-order valence-electron chi connectivity index (χ3n) is 2.20. The number of hydrogen-bond donors (Lipinski definition) is 0. The molecular formula is C11H10BrClS. The van der Waals surface area contributed by atoms with E-state index < -0.39 is 0 Å². The molecule has 74 valence electrons. The third-order valence-corrected chi connectivity index (χ3v) is 4.13. The van der Waals surface area contributed by atoms with E-state index in [0.717, 1.165) is 18.7 Å². The van der Waals surface area contributed by atoms with E-state index in [1.165, 1.54) is 20.1 Å². The van der Waals surface area contributed by atoms with Crippen molar-refractivity contribution in [3.8, 4) is 0 Å². The van der Waals surface area contributed by atoms with Gasteiger partial charge in [-0.1, -0.05) is 22.0 Å². The maximum absolute atomic E-state index is 5.70. The molecule has 0 saturated heterocycles. The van der Waals surface area contributed by atoms with Crippen molar-refractivity contribution in [1.82, 2.24) is 0 Å². The number of fused-ring (bicyclic) bond motifs is 1. The van der Waals surface area contributed by atoms with Crippen LogP contribution >= 0.6 is 38.9 Å². The summed E-state index contributed by atoms with van der Waals surface area (Å²) in [7, 11) is 0. The van der Waals surface area contributed by atoms with Crippen LogP contribution in [0, 0.1) is 0 Å². The predicted octanol–water partition coefficient (Wildman–Crippen LogP) is 4.84. The van der Waals surface area contributed by atoms with Crippen molar-refractivity contribution in [3.05, 3.63) is 33.6 Å². The minimum absolute atomic E-state index is 0.738. The second kappa shape index (κ2) is 4.65. The van der Waals surface area contributed by atoms with Gasteiger partial charge in [-0.05, 0) is 35.9 Å². The van der Waals surface area contributed by atoms with Gasteiger partial charge in [-0.15, -0.1) is 22.9 Å². The molecule has 0 amide bonds. The van der Waals surface area contributed by atoms with Crippen molar-refractivity contribution in [2.45, 2.75) is 12.8 Å². The van der Waals surface area contributed by atoms with Crippen LogP contribution in [-0.4, -0.2) is 5.88 Å². The van der Waals surface area contributed by atoms with Gasteiger partial charge < -0.3 is 0 Å². The van der Waals surface area contributed by atoms with Gasteiger partial charge in [-0.25, -0.2) is 0 Å². The number of rotatable bonds is 3. The summed E-state index contributed by atoms with van der Waals surface area (Å²) in [4.78, 5) is 0. The smallest absolute Gasteiger partial charge is 0.0356 e. The summed E-state index contributed by atoms with van der Waals surface area (Å²) in [6.07, 6.45) is 2.13. The second-order valence-electron chi connectivity index (χ2n) is 3.17. The molecule has 0 nitrogen and oxygen atoms in total. The monoisotopic (exact) mass is 288 g/mol. The van der Waals surface area contributed by atoms with E-state index in [1.807, 2.05) is 0 Å². The van der Waals surface area contributed by atoms with Gasteiger partial charge in [0, 0.05) is 20.4 Å². The van der Waals surface area contributed by atoms with E-state index in [9.17, 15) is 0 Å². The van der Waals surface area contributed by atoms with Gasteiger partial charge in [0.05, 0.1) is 0 Å². The average Bonchev–Trinajstić information content (AvgIpc) is 2.59. The second-order valence-corrected chi connectivity index (χ2v) is 5.31. The maximum atomic E-state index is 5.70. The predicted molar refractivity (Wildman–Crippen MR) is 68.6 cm³/mol. The molecule has 0 unspecified atom stereocenters. The highest BCUT2D eigenvalue weighted by molar-refractivity contribution is 9.10. The fourth-order valence-corrected chi connectivity index (χ4v) is 3.46. The van der Waals surface area contributed by atoms with Crippen molar-refractivity contribution in [2.24, 2.45) is 0 Å². The van der Waals surface area contributed by atoms with E-state index in [0.29, 0.717) is 0 Å². The summed E-state index contributed by atoms with van der Waals surface area (Å²) >= 11 is 11.1. The van der Waals surface area contributed by atoms with Crippen molar-refractivity contribution in [3.63, 3.8) is 0 Å². The minimum Gasteiger partial charge on any atom is -0.143 e. The van der Waals surface area contributed by atoms with Crippen LogP contribution in [0.2, 0.25) is 0 Å². The number of hydrogen-bond acceptors (Lipinski definition) is 1. The highest BCUT2D eigenvalue weighted by Gasteiger charge is 2.06. The van der Waals surface area contributed by atoms with Gasteiger partial charge in [0.2, 0.25) is 0 Å². The molecular weight excluding hydrogens is 280 g/mol. The Morgan fingerprint density at radius 2 is 2.21 bits per heavy atom. The lowest BCUT2D eigenvalue weighted by Gasteiger charge is -1.99. The Bertz CT molecular complexity index is 436. The lowest BCUT2D eigenvalue weighted by atomic mass is 10.1. The molecule has 0 bridgehead atoms. The van der Waals surface area contributed by atoms with Crippen LogP contribution in [0.3, 0.4) is 0 Å². The normalized spacial score (nSPS) is 11.0. The number of aryl methyl sites for hydroxylation is 1. The number of benzene rings is 1. The molecule has 0 fully saturated rings. The molecule has 0 aliphatic rings. The van der Waals surface area contributed by atoms with Crippen molar-refractivity contribution >= 4 is 49.0 Å². The standard InChI is InChI=1S/C11H10BrClS/c12-9-4-1-5-10-11(9)8(7-14-10)3-2-6-13/h1,4-5,7H,2-3,6H2. The molecule has 0 N–H and O–H groups in total. The lowest BCUT2D eigenvalue weighted by molar-refractivity contribution is 0.940. The van der Waals surface area contributed by atoms with Gasteiger partial charge in [-0.3, -0.25) is 0 Å². The zero-order chi connectivity index (χ0) is 9.97. The molecule has 0 aliphatic heterocycles. The Labute approximate surface area is 101 Å². The summed E-state index contributed by atoms with van der Waals surface area (Å²) < 4.78 is 2.55. The molecule has 2 aromatic rings. The summed E-state index contributed by atoms with van der Waals surface area (Å²) in [5.74, 6) is 0.738. The number of halogens is 2.